The van der Waals surface area contributed by atoms with Crippen LogP contribution in [-0.4, -0.2) is 25.7 Å². The lowest BCUT2D eigenvalue weighted by atomic mass is 10.2. The smallest absolute Gasteiger partial charge is 0.193 e. The second-order valence-corrected chi connectivity index (χ2v) is 3.51. The van der Waals surface area contributed by atoms with Crippen molar-refractivity contribution in [3.8, 4) is 11.5 Å². The molecule has 5 nitrogen and oxygen atoms in total. The van der Waals surface area contributed by atoms with Crippen LogP contribution < -0.4 is 20.5 Å². The SMILES string of the molecule is CCN=C(N)Nc1ccc(OCC)c(OCC)c1. The molecule has 0 atom stereocenters. The van der Waals surface area contributed by atoms with Crippen molar-refractivity contribution in [2.75, 3.05) is 25.1 Å². The van der Waals surface area contributed by atoms with Crippen LogP contribution in [0.2, 0.25) is 0 Å². The maximum atomic E-state index is 5.70. The van der Waals surface area contributed by atoms with E-state index in [1.165, 1.54) is 0 Å². The Labute approximate surface area is 108 Å². The minimum absolute atomic E-state index is 0.393. The third-order valence-electron chi connectivity index (χ3n) is 2.14. The van der Waals surface area contributed by atoms with Crippen LogP contribution in [0, 0.1) is 0 Å². The molecule has 18 heavy (non-hydrogen) atoms. The van der Waals surface area contributed by atoms with Gasteiger partial charge in [0.05, 0.1) is 13.2 Å². The fraction of sp³-hybridized carbons (Fsp3) is 0.462. The Morgan fingerprint density at radius 3 is 2.44 bits per heavy atom. The van der Waals surface area contributed by atoms with Crippen molar-refractivity contribution in [1.29, 1.82) is 0 Å². The molecule has 0 spiro atoms. The number of nitrogens with zero attached hydrogens (tertiary/aromatic N) is 1. The van der Waals surface area contributed by atoms with Gasteiger partial charge in [-0.25, -0.2) is 0 Å². The van der Waals surface area contributed by atoms with Crippen molar-refractivity contribution >= 4 is 11.6 Å². The van der Waals surface area contributed by atoms with E-state index in [-0.39, 0.29) is 0 Å². The molecule has 0 amide bonds. The number of benzene rings is 1. The number of hydrogen-bond acceptors (Lipinski definition) is 3. The zero-order valence-electron chi connectivity index (χ0n) is 11.2. The van der Waals surface area contributed by atoms with Gasteiger partial charge in [0.2, 0.25) is 0 Å². The van der Waals surface area contributed by atoms with Gasteiger partial charge in [-0.2, -0.15) is 0 Å². The topological polar surface area (TPSA) is 68.9 Å². The number of nitrogens with one attached hydrogen (secondary N) is 1. The molecule has 0 aliphatic heterocycles. The number of guanidine groups is 1. The lowest BCUT2D eigenvalue weighted by molar-refractivity contribution is 0.288. The Kier molecular flexibility index (Phi) is 5.84. The Morgan fingerprint density at radius 2 is 1.83 bits per heavy atom. The highest BCUT2D eigenvalue weighted by molar-refractivity contribution is 5.92. The van der Waals surface area contributed by atoms with E-state index in [0.717, 1.165) is 11.4 Å². The normalized spacial score (nSPS) is 11.2. The van der Waals surface area contributed by atoms with Crippen LogP contribution >= 0.6 is 0 Å². The first-order valence-electron chi connectivity index (χ1n) is 6.17. The van der Waals surface area contributed by atoms with E-state index >= 15 is 0 Å². The Balaban J connectivity index is 2.88. The molecular formula is C13H21N3O2. The summed E-state index contributed by atoms with van der Waals surface area (Å²) in [6.45, 7) is 7.64. The molecule has 0 fully saturated rings. The van der Waals surface area contributed by atoms with Gasteiger partial charge in [-0.15, -0.1) is 0 Å². The lowest BCUT2D eigenvalue weighted by Crippen LogP contribution is -2.22. The summed E-state index contributed by atoms with van der Waals surface area (Å²) in [5.41, 5.74) is 6.53. The molecule has 0 radical (unpaired) electrons. The monoisotopic (exact) mass is 251 g/mol. The van der Waals surface area contributed by atoms with Gasteiger partial charge < -0.3 is 20.5 Å². The number of ether oxygens (including phenoxy) is 2. The average molecular weight is 251 g/mol. The van der Waals surface area contributed by atoms with E-state index in [1.54, 1.807) is 0 Å². The molecule has 0 saturated heterocycles. The van der Waals surface area contributed by atoms with E-state index in [2.05, 4.69) is 10.3 Å². The van der Waals surface area contributed by atoms with Gasteiger partial charge in [0.15, 0.2) is 17.5 Å². The van der Waals surface area contributed by atoms with E-state index in [4.69, 9.17) is 15.2 Å². The highest BCUT2D eigenvalue weighted by Crippen LogP contribution is 2.30. The first-order valence-corrected chi connectivity index (χ1v) is 6.17. The number of hydrogen-bond donors (Lipinski definition) is 2. The molecule has 1 aromatic carbocycles. The number of aliphatic imine (C=N–C) groups is 1. The fourth-order valence-electron chi connectivity index (χ4n) is 1.49. The highest BCUT2D eigenvalue weighted by atomic mass is 16.5. The molecule has 0 unspecified atom stereocenters. The molecule has 100 valence electrons. The minimum Gasteiger partial charge on any atom is -0.490 e. The third-order valence-corrected chi connectivity index (χ3v) is 2.14. The van der Waals surface area contributed by atoms with Crippen LogP contribution in [0.5, 0.6) is 11.5 Å². The average Bonchev–Trinajstić information content (AvgIpc) is 2.33. The Morgan fingerprint density at radius 1 is 1.17 bits per heavy atom. The van der Waals surface area contributed by atoms with Crippen LogP contribution in [0.4, 0.5) is 5.69 Å². The molecule has 3 N–H and O–H groups in total. The summed E-state index contributed by atoms with van der Waals surface area (Å²) in [7, 11) is 0. The van der Waals surface area contributed by atoms with E-state index in [9.17, 15) is 0 Å². The molecule has 0 saturated carbocycles. The second kappa shape index (κ2) is 7.42. The highest BCUT2D eigenvalue weighted by Gasteiger charge is 2.06. The molecule has 0 heterocycles. The van der Waals surface area contributed by atoms with Crippen LogP contribution in [0.25, 0.3) is 0 Å². The van der Waals surface area contributed by atoms with Crippen molar-refractivity contribution in [2.45, 2.75) is 20.8 Å². The van der Waals surface area contributed by atoms with Gasteiger partial charge in [0, 0.05) is 18.3 Å². The van der Waals surface area contributed by atoms with E-state index in [1.807, 2.05) is 39.0 Å². The first kappa shape index (κ1) is 14.2. The van der Waals surface area contributed by atoms with Crippen LogP contribution in [0.1, 0.15) is 20.8 Å². The van der Waals surface area contributed by atoms with Crippen molar-refractivity contribution < 1.29 is 9.47 Å². The van der Waals surface area contributed by atoms with Crippen molar-refractivity contribution in [3.05, 3.63) is 18.2 Å². The number of rotatable bonds is 6. The van der Waals surface area contributed by atoms with Crippen LogP contribution in [0.3, 0.4) is 0 Å². The molecule has 5 heteroatoms. The maximum Gasteiger partial charge on any atom is 0.193 e. The van der Waals surface area contributed by atoms with Gasteiger partial charge in [-0.3, -0.25) is 4.99 Å². The van der Waals surface area contributed by atoms with Gasteiger partial charge in [-0.1, -0.05) is 0 Å². The molecule has 1 aromatic rings. The first-order chi connectivity index (χ1) is 8.71. The number of anilines is 1. The van der Waals surface area contributed by atoms with E-state index < -0.39 is 0 Å². The van der Waals surface area contributed by atoms with Crippen molar-refractivity contribution in [2.24, 2.45) is 10.7 Å². The molecule has 0 aliphatic carbocycles. The third kappa shape index (κ3) is 4.16. The second-order valence-electron chi connectivity index (χ2n) is 3.51. The van der Waals surface area contributed by atoms with Crippen molar-refractivity contribution in [1.82, 2.24) is 0 Å². The zero-order chi connectivity index (χ0) is 13.4. The van der Waals surface area contributed by atoms with Gasteiger partial charge >= 0.3 is 0 Å². The minimum atomic E-state index is 0.393. The molecule has 1 rings (SSSR count). The maximum absolute atomic E-state index is 5.70. The summed E-state index contributed by atoms with van der Waals surface area (Å²) < 4.78 is 11.0. The Hall–Kier alpha value is -1.91. The number of nitrogens with two attached hydrogens (primary N) is 1. The summed E-state index contributed by atoms with van der Waals surface area (Å²) in [4.78, 5) is 4.07. The summed E-state index contributed by atoms with van der Waals surface area (Å²) in [6, 6.07) is 5.59. The fourth-order valence-corrected chi connectivity index (χ4v) is 1.49. The van der Waals surface area contributed by atoms with Crippen LogP contribution in [-0.2, 0) is 0 Å². The van der Waals surface area contributed by atoms with Gasteiger partial charge in [0.1, 0.15) is 0 Å². The molecule has 0 aliphatic rings. The van der Waals surface area contributed by atoms with Gasteiger partial charge in [0.25, 0.3) is 0 Å². The van der Waals surface area contributed by atoms with Crippen molar-refractivity contribution in [3.63, 3.8) is 0 Å². The summed E-state index contributed by atoms with van der Waals surface area (Å²) in [5.74, 6) is 1.83. The Bertz CT molecular complexity index is 405. The summed E-state index contributed by atoms with van der Waals surface area (Å²) in [6.07, 6.45) is 0. The molecular weight excluding hydrogens is 230 g/mol. The van der Waals surface area contributed by atoms with Gasteiger partial charge in [-0.05, 0) is 32.9 Å². The lowest BCUT2D eigenvalue weighted by Gasteiger charge is -2.13. The predicted octanol–water partition coefficient (Wildman–Crippen LogP) is 2.23. The standard InChI is InChI=1S/C13H21N3O2/c1-4-15-13(14)16-10-7-8-11(17-5-2)12(9-10)18-6-3/h7-9H,4-6H2,1-3H3,(H3,14,15,16). The molecule has 0 aromatic heterocycles. The zero-order valence-corrected chi connectivity index (χ0v) is 11.2. The van der Waals surface area contributed by atoms with Crippen LogP contribution in [0.15, 0.2) is 23.2 Å². The molecule has 0 bridgehead atoms. The van der Waals surface area contributed by atoms with E-state index in [0.29, 0.717) is 31.5 Å². The summed E-state index contributed by atoms with van der Waals surface area (Å²) >= 11 is 0. The quantitative estimate of drug-likeness (QED) is 0.601. The largest absolute Gasteiger partial charge is 0.490 e. The predicted molar refractivity (Wildman–Crippen MR) is 74.6 cm³/mol. The summed E-state index contributed by atoms with van der Waals surface area (Å²) in [5, 5.41) is 3.00.